The molecule has 0 saturated carbocycles. The summed E-state index contributed by atoms with van der Waals surface area (Å²) in [5, 5.41) is 0. The van der Waals surface area contributed by atoms with Crippen molar-refractivity contribution in [2.75, 3.05) is 25.2 Å². The molecule has 0 bridgehead atoms. The number of benzene rings is 1. The van der Waals surface area contributed by atoms with Crippen molar-refractivity contribution in [3.63, 3.8) is 0 Å². The first kappa shape index (κ1) is 14.7. The summed E-state index contributed by atoms with van der Waals surface area (Å²) >= 11 is 0. The first-order valence-electron chi connectivity index (χ1n) is 6.32. The van der Waals surface area contributed by atoms with Crippen LogP contribution in [-0.2, 0) is 16.1 Å². The van der Waals surface area contributed by atoms with Crippen molar-refractivity contribution in [2.24, 2.45) is 5.73 Å². The van der Waals surface area contributed by atoms with Crippen molar-refractivity contribution in [1.29, 1.82) is 0 Å². The normalized spacial score (nSPS) is 10.4. The van der Waals surface area contributed by atoms with E-state index in [2.05, 4.69) is 0 Å². The molecule has 4 heteroatoms. The fourth-order valence-electron chi connectivity index (χ4n) is 1.64. The molecule has 1 rings (SSSR count). The molecule has 2 N–H and O–H groups in total. The van der Waals surface area contributed by atoms with E-state index in [4.69, 9.17) is 10.5 Å². The van der Waals surface area contributed by atoms with Crippen LogP contribution in [0.3, 0.4) is 0 Å². The molecule has 100 valence electrons. The zero-order valence-corrected chi connectivity index (χ0v) is 11.2. The zero-order chi connectivity index (χ0) is 13.4. The second-order valence-corrected chi connectivity index (χ2v) is 4.12. The third-order valence-electron chi connectivity index (χ3n) is 2.82. The molecule has 4 nitrogen and oxygen atoms in total. The lowest BCUT2D eigenvalue weighted by molar-refractivity contribution is -0.118. The smallest absolute Gasteiger partial charge is 0.226 e. The average Bonchev–Trinajstić information content (AvgIpc) is 2.42. The van der Waals surface area contributed by atoms with Gasteiger partial charge < -0.3 is 15.4 Å². The van der Waals surface area contributed by atoms with Crippen molar-refractivity contribution in [1.82, 2.24) is 0 Å². The molecular formula is C14H22N2O2. The van der Waals surface area contributed by atoms with Gasteiger partial charge in [-0.15, -0.1) is 0 Å². The highest BCUT2D eigenvalue weighted by molar-refractivity contribution is 5.92. The van der Waals surface area contributed by atoms with Gasteiger partial charge in [0.05, 0.1) is 0 Å². The Bertz CT molecular complexity index is 363. The number of hydrogen-bond acceptors (Lipinski definition) is 3. The topological polar surface area (TPSA) is 55.6 Å². The quantitative estimate of drug-likeness (QED) is 0.752. The molecule has 1 amide bonds. The number of nitrogens with two attached hydrogens (primary N) is 1. The second-order valence-electron chi connectivity index (χ2n) is 4.12. The van der Waals surface area contributed by atoms with Gasteiger partial charge in [-0.05, 0) is 31.0 Å². The van der Waals surface area contributed by atoms with Crippen LogP contribution in [0.2, 0.25) is 0 Å². The summed E-state index contributed by atoms with van der Waals surface area (Å²) in [6, 6.07) is 7.73. The van der Waals surface area contributed by atoms with Gasteiger partial charge in [0.1, 0.15) is 0 Å². The molecule has 0 fully saturated rings. The fraction of sp³-hybridized carbons (Fsp3) is 0.500. The molecule has 0 atom stereocenters. The summed E-state index contributed by atoms with van der Waals surface area (Å²) in [7, 11) is 1.79. The van der Waals surface area contributed by atoms with Crippen LogP contribution in [0.15, 0.2) is 24.3 Å². The number of carbonyl (C=O) groups excluding carboxylic acids is 1. The Morgan fingerprint density at radius 2 is 2.00 bits per heavy atom. The van der Waals surface area contributed by atoms with Gasteiger partial charge in [-0.25, -0.2) is 0 Å². The lowest BCUT2D eigenvalue weighted by Gasteiger charge is -2.17. The molecule has 18 heavy (non-hydrogen) atoms. The number of amides is 1. The molecule has 0 spiro atoms. The minimum absolute atomic E-state index is 0.107. The number of nitrogens with zero attached hydrogens (tertiary/aromatic N) is 1. The van der Waals surface area contributed by atoms with Crippen LogP contribution in [0.5, 0.6) is 0 Å². The third-order valence-corrected chi connectivity index (χ3v) is 2.82. The number of anilines is 1. The van der Waals surface area contributed by atoms with E-state index < -0.39 is 0 Å². The van der Waals surface area contributed by atoms with Crippen LogP contribution in [0.25, 0.3) is 0 Å². The highest BCUT2D eigenvalue weighted by Gasteiger charge is 2.10. The Labute approximate surface area is 109 Å². The molecule has 0 radical (unpaired) electrons. The van der Waals surface area contributed by atoms with Gasteiger partial charge in [0.2, 0.25) is 5.91 Å². The van der Waals surface area contributed by atoms with Crippen molar-refractivity contribution < 1.29 is 9.53 Å². The molecule has 0 unspecified atom stereocenters. The summed E-state index contributed by atoms with van der Waals surface area (Å²) in [6.45, 7) is 3.81. The SMILES string of the molecule is CCOCCCC(=O)N(C)c1ccc(CN)cc1. The Balaban J connectivity index is 2.46. The van der Waals surface area contributed by atoms with Gasteiger partial charge >= 0.3 is 0 Å². The highest BCUT2D eigenvalue weighted by atomic mass is 16.5. The van der Waals surface area contributed by atoms with E-state index in [1.807, 2.05) is 31.2 Å². The van der Waals surface area contributed by atoms with E-state index >= 15 is 0 Å². The molecule has 0 aliphatic heterocycles. The van der Waals surface area contributed by atoms with Crippen molar-refractivity contribution in [3.05, 3.63) is 29.8 Å². The van der Waals surface area contributed by atoms with Crippen LogP contribution in [0.1, 0.15) is 25.3 Å². The first-order chi connectivity index (χ1) is 8.69. The molecular weight excluding hydrogens is 228 g/mol. The van der Waals surface area contributed by atoms with E-state index in [1.54, 1.807) is 11.9 Å². The number of rotatable bonds is 7. The van der Waals surface area contributed by atoms with Gasteiger partial charge in [-0.2, -0.15) is 0 Å². The van der Waals surface area contributed by atoms with Gasteiger partial charge in [0.25, 0.3) is 0 Å². The maximum Gasteiger partial charge on any atom is 0.226 e. The van der Waals surface area contributed by atoms with Crippen LogP contribution in [0, 0.1) is 0 Å². The van der Waals surface area contributed by atoms with E-state index in [9.17, 15) is 4.79 Å². The standard InChI is InChI=1S/C14H22N2O2/c1-3-18-10-4-5-14(17)16(2)13-8-6-12(11-15)7-9-13/h6-9H,3-5,10-11,15H2,1-2H3. The number of hydrogen-bond donors (Lipinski definition) is 1. The van der Waals surface area contributed by atoms with Gasteiger partial charge in [-0.3, -0.25) is 4.79 Å². The molecule has 0 aromatic heterocycles. The number of ether oxygens (including phenoxy) is 1. The van der Waals surface area contributed by atoms with Crippen molar-refractivity contribution in [2.45, 2.75) is 26.3 Å². The summed E-state index contributed by atoms with van der Waals surface area (Å²) in [5.74, 6) is 0.107. The Morgan fingerprint density at radius 1 is 1.33 bits per heavy atom. The minimum Gasteiger partial charge on any atom is -0.382 e. The van der Waals surface area contributed by atoms with Crippen molar-refractivity contribution >= 4 is 11.6 Å². The molecule has 1 aromatic carbocycles. The fourth-order valence-corrected chi connectivity index (χ4v) is 1.64. The van der Waals surface area contributed by atoms with Gasteiger partial charge in [-0.1, -0.05) is 12.1 Å². The Kier molecular flexibility index (Phi) is 6.39. The van der Waals surface area contributed by atoms with Crippen molar-refractivity contribution in [3.8, 4) is 0 Å². The van der Waals surface area contributed by atoms with Gasteiger partial charge in [0.15, 0.2) is 0 Å². The van der Waals surface area contributed by atoms with E-state index in [0.29, 0.717) is 26.2 Å². The first-order valence-corrected chi connectivity index (χ1v) is 6.32. The predicted molar refractivity (Wildman–Crippen MR) is 73.5 cm³/mol. The minimum atomic E-state index is 0.107. The van der Waals surface area contributed by atoms with E-state index in [0.717, 1.165) is 17.7 Å². The summed E-state index contributed by atoms with van der Waals surface area (Å²) in [5.41, 5.74) is 7.50. The summed E-state index contributed by atoms with van der Waals surface area (Å²) in [6.07, 6.45) is 1.27. The Morgan fingerprint density at radius 3 is 2.56 bits per heavy atom. The Hall–Kier alpha value is -1.39. The zero-order valence-electron chi connectivity index (χ0n) is 11.2. The molecule has 0 aliphatic rings. The molecule has 0 aliphatic carbocycles. The highest BCUT2D eigenvalue weighted by Crippen LogP contribution is 2.15. The predicted octanol–water partition coefficient (Wildman–Crippen LogP) is 1.92. The van der Waals surface area contributed by atoms with E-state index in [-0.39, 0.29) is 5.91 Å². The maximum absolute atomic E-state index is 11.9. The summed E-state index contributed by atoms with van der Waals surface area (Å²) in [4.78, 5) is 13.6. The molecule has 0 heterocycles. The van der Waals surface area contributed by atoms with Crippen LogP contribution in [-0.4, -0.2) is 26.2 Å². The number of carbonyl (C=O) groups is 1. The largest absolute Gasteiger partial charge is 0.382 e. The third kappa shape index (κ3) is 4.47. The maximum atomic E-state index is 11.9. The van der Waals surface area contributed by atoms with E-state index in [1.165, 1.54) is 0 Å². The van der Waals surface area contributed by atoms with Crippen LogP contribution >= 0.6 is 0 Å². The molecule has 1 aromatic rings. The van der Waals surface area contributed by atoms with Crippen LogP contribution in [0.4, 0.5) is 5.69 Å². The lowest BCUT2D eigenvalue weighted by atomic mass is 10.2. The van der Waals surface area contributed by atoms with Gasteiger partial charge in [0, 0.05) is 38.9 Å². The molecule has 0 saturated heterocycles. The second kappa shape index (κ2) is 7.84. The lowest BCUT2D eigenvalue weighted by Crippen LogP contribution is -2.26. The van der Waals surface area contributed by atoms with Crippen LogP contribution < -0.4 is 10.6 Å². The monoisotopic (exact) mass is 250 g/mol. The summed E-state index contributed by atoms with van der Waals surface area (Å²) < 4.78 is 5.21. The average molecular weight is 250 g/mol.